The average Bonchev–Trinajstić information content (AvgIpc) is 2.52. The molecule has 0 amide bonds. The lowest BCUT2D eigenvalue weighted by molar-refractivity contribution is 0.0693. The van der Waals surface area contributed by atoms with Crippen molar-refractivity contribution in [3.63, 3.8) is 0 Å². The van der Waals surface area contributed by atoms with Gasteiger partial charge in [-0.2, -0.15) is 0 Å². The predicted octanol–water partition coefficient (Wildman–Crippen LogP) is 3.19. The number of hydrogen-bond donors (Lipinski definition) is 1. The summed E-state index contributed by atoms with van der Waals surface area (Å²) < 4.78 is 10.6. The second-order valence-electron chi connectivity index (χ2n) is 4.61. The van der Waals surface area contributed by atoms with E-state index in [1.807, 2.05) is 30.3 Å². The Balaban J connectivity index is 2.24. The summed E-state index contributed by atoms with van der Waals surface area (Å²) in [5.74, 6) is 0.289. The van der Waals surface area contributed by atoms with Gasteiger partial charge in [-0.3, -0.25) is 0 Å². The van der Waals surface area contributed by atoms with E-state index in [1.54, 1.807) is 19.2 Å². The molecule has 2 aromatic carbocycles. The van der Waals surface area contributed by atoms with Crippen LogP contribution in [-0.2, 0) is 12.8 Å². The molecule has 0 aromatic heterocycles. The first-order chi connectivity index (χ1) is 10.2. The van der Waals surface area contributed by atoms with Gasteiger partial charge in [-0.25, -0.2) is 4.79 Å². The molecule has 2 aromatic rings. The number of carboxylic acids is 1. The number of benzene rings is 2. The molecule has 2 rings (SSSR count). The van der Waals surface area contributed by atoms with Crippen LogP contribution in [0.25, 0.3) is 0 Å². The largest absolute Gasteiger partial charge is 0.496 e. The Morgan fingerprint density at radius 3 is 2.29 bits per heavy atom. The molecule has 110 valence electrons. The van der Waals surface area contributed by atoms with Gasteiger partial charge in [-0.1, -0.05) is 30.3 Å². The lowest BCUT2D eigenvalue weighted by atomic mass is 10.0. The maximum atomic E-state index is 11.2. The maximum absolute atomic E-state index is 11.2. The lowest BCUT2D eigenvalue weighted by Crippen LogP contribution is -2.04. The molecule has 0 atom stereocenters. The van der Waals surface area contributed by atoms with E-state index >= 15 is 0 Å². The monoisotopic (exact) mass is 286 g/mol. The van der Waals surface area contributed by atoms with Gasteiger partial charge in [-0.15, -0.1) is 0 Å². The average molecular weight is 286 g/mol. The first kappa shape index (κ1) is 14.9. The van der Waals surface area contributed by atoms with Crippen molar-refractivity contribution in [2.75, 3.05) is 14.2 Å². The summed E-state index contributed by atoms with van der Waals surface area (Å²) in [4.78, 5) is 11.2. The number of aryl methyl sites for hydroxylation is 2. The van der Waals surface area contributed by atoms with Gasteiger partial charge in [0.1, 0.15) is 17.1 Å². The molecule has 0 bridgehead atoms. The molecule has 0 aliphatic carbocycles. The number of aromatic carboxylic acids is 1. The van der Waals surface area contributed by atoms with Gasteiger partial charge in [0.15, 0.2) is 0 Å². The molecule has 0 saturated heterocycles. The van der Waals surface area contributed by atoms with Crippen LogP contribution in [-0.4, -0.2) is 25.3 Å². The first-order valence-electron chi connectivity index (χ1n) is 6.68. The van der Waals surface area contributed by atoms with Crippen molar-refractivity contribution in [1.82, 2.24) is 0 Å². The second kappa shape index (κ2) is 6.79. The highest BCUT2D eigenvalue weighted by Crippen LogP contribution is 2.27. The highest BCUT2D eigenvalue weighted by molar-refractivity contribution is 5.91. The molecule has 4 nitrogen and oxygen atoms in total. The van der Waals surface area contributed by atoms with E-state index in [0.717, 1.165) is 23.3 Å². The number of carbonyl (C=O) groups is 1. The van der Waals surface area contributed by atoms with Crippen LogP contribution in [0.1, 0.15) is 21.5 Å². The molecule has 0 unspecified atom stereocenters. The van der Waals surface area contributed by atoms with E-state index in [9.17, 15) is 9.90 Å². The van der Waals surface area contributed by atoms with Crippen molar-refractivity contribution in [3.8, 4) is 11.5 Å². The van der Waals surface area contributed by atoms with Gasteiger partial charge in [0.25, 0.3) is 0 Å². The topological polar surface area (TPSA) is 55.8 Å². The first-order valence-corrected chi connectivity index (χ1v) is 6.68. The van der Waals surface area contributed by atoms with Gasteiger partial charge < -0.3 is 14.6 Å². The van der Waals surface area contributed by atoms with E-state index in [4.69, 9.17) is 9.47 Å². The fourth-order valence-corrected chi connectivity index (χ4v) is 2.37. The van der Waals surface area contributed by atoms with Gasteiger partial charge in [-0.05, 0) is 36.1 Å². The van der Waals surface area contributed by atoms with Crippen molar-refractivity contribution >= 4 is 5.97 Å². The van der Waals surface area contributed by atoms with Crippen molar-refractivity contribution in [2.24, 2.45) is 0 Å². The Morgan fingerprint density at radius 1 is 0.952 bits per heavy atom. The second-order valence-corrected chi connectivity index (χ2v) is 4.61. The normalized spacial score (nSPS) is 10.2. The minimum atomic E-state index is -0.981. The minimum absolute atomic E-state index is 0.190. The fourth-order valence-electron chi connectivity index (χ4n) is 2.37. The van der Waals surface area contributed by atoms with Crippen LogP contribution in [0, 0.1) is 0 Å². The smallest absolute Gasteiger partial charge is 0.339 e. The third kappa shape index (κ3) is 3.34. The van der Waals surface area contributed by atoms with Gasteiger partial charge in [0, 0.05) is 0 Å². The molecule has 4 heteroatoms. The summed E-state index contributed by atoms with van der Waals surface area (Å²) in [5.41, 5.74) is 2.15. The molecule has 21 heavy (non-hydrogen) atoms. The molecular weight excluding hydrogens is 268 g/mol. The van der Waals surface area contributed by atoms with E-state index in [-0.39, 0.29) is 5.56 Å². The third-order valence-corrected chi connectivity index (χ3v) is 3.39. The zero-order valence-corrected chi connectivity index (χ0v) is 12.1. The molecule has 0 saturated carbocycles. The highest BCUT2D eigenvalue weighted by atomic mass is 16.5. The summed E-state index contributed by atoms with van der Waals surface area (Å²) in [6.07, 6.45) is 1.44. The fraction of sp³-hybridized carbons (Fsp3) is 0.235. The number of ether oxygens (including phenoxy) is 2. The summed E-state index contributed by atoms with van der Waals surface area (Å²) in [6.45, 7) is 0. The zero-order valence-electron chi connectivity index (χ0n) is 12.1. The van der Waals surface area contributed by atoms with E-state index in [1.165, 1.54) is 7.11 Å². The number of methoxy groups -OCH3 is 2. The molecular formula is C17H18O4. The summed E-state index contributed by atoms with van der Waals surface area (Å²) in [7, 11) is 3.14. The van der Waals surface area contributed by atoms with Crippen molar-refractivity contribution < 1.29 is 19.4 Å². The molecule has 0 fully saturated rings. The van der Waals surface area contributed by atoms with E-state index in [2.05, 4.69) is 0 Å². The van der Waals surface area contributed by atoms with Crippen molar-refractivity contribution in [3.05, 3.63) is 59.2 Å². The van der Waals surface area contributed by atoms with Crippen LogP contribution in [0.4, 0.5) is 0 Å². The predicted molar refractivity (Wildman–Crippen MR) is 80.4 cm³/mol. The quantitative estimate of drug-likeness (QED) is 0.886. The summed E-state index contributed by atoms with van der Waals surface area (Å²) in [6, 6.07) is 13.0. The molecule has 0 aliphatic rings. The Hall–Kier alpha value is -2.49. The number of hydrogen-bond acceptors (Lipinski definition) is 3. The minimum Gasteiger partial charge on any atom is -0.496 e. The van der Waals surface area contributed by atoms with Crippen LogP contribution in [0.3, 0.4) is 0 Å². The molecule has 1 N–H and O–H groups in total. The zero-order chi connectivity index (χ0) is 15.2. The maximum Gasteiger partial charge on any atom is 0.339 e. The Morgan fingerprint density at radius 2 is 1.62 bits per heavy atom. The molecule has 0 aliphatic heterocycles. The number of para-hydroxylation sites is 2. The van der Waals surface area contributed by atoms with Crippen LogP contribution >= 0.6 is 0 Å². The lowest BCUT2D eigenvalue weighted by Gasteiger charge is -2.12. The third-order valence-electron chi connectivity index (χ3n) is 3.39. The molecule has 0 radical (unpaired) electrons. The van der Waals surface area contributed by atoms with Crippen LogP contribution in [0.15, 0.2) is 42.5 Å². The standard InChI is InChI=1S/C17H18O4/c1-20-15-9-4-3-6-12(15)10-11-13-7-5-8-14(17(18)19)16(13)21-2/h3-9H,10-11H2,1-2H3,(H,18,19). The Bertz CT molecular complexity index is 634. The van der Waals surface area contributed by atoms with Crippen LogP contribution in [0.5, 0.6) is 11.5 Å². The van der Waals surface area contributed by atoms with E-state index < -0.39 is 5.97 Å². The van der Waals surface area contributed by atoms with Crippen molar-refractivity contribution in [1.29, 1.82) is 0 Å². The molecule has 0 spiro atoms. The van der Waals surface area contributed by atoms with Crippen LogP contribution < -0.4 is 9.47 Å². The Kier molecular flexibility index (Phi) is 4.82. The van der Waals surface area contributed by atoms with Crippen molar-refractivity contribution in [2.45, 2.75) is 12.8 Å². The van der Waals surface area contributed by atoms with Crippen LogP contribution in [0.2, 0.25) is 0 Å². The highest BCUT2D eigenvalue weighted by Gasteiger charge is 2.14. The summed E-state index contributed by atoms with van der Waals surface area (Å²) in [5, 5.41) is 9.19. The summed E-state index contributed by atoms with van der Waals surface area (Å²) >= 11 is 0. The molecule has 0 heterocycles. The van der Waals surface area contributed by atoms with E-state index in [0.29, 0.717) is 12.2 Å². The van der Waals surface area contributed by atoms with Gasteiger partial charge in [0.05, 0.1) is 14.2 Å². The van der Waals surface area contributed by atoms with Gasteiger partial charge in [0.2, 0.25) is 0 Å². The Labute approximate surface area is 123 Å². The number of carboxylic acid groups (broad SMARTS) is 1. The van der Waals surface area contributed by atoms with Gasteiger partial charge >= 0.3 is 5.97 Å². The SMILES string of the molecule is COc1ccccc1CCc1cccc(C(=O)O)c1OC. The number of rotatable bonds is 6.